The van der Waals surface area contributed by atoms with E-state index in [4.69, 9.17) is 15.2 Å². The lowest BCUT2D eigenvalue weighted by Crippen LogP contribution is -2.31. The van der Waals surface area contributed by atoms with Crippen molar-refractivity contribution in [3.05, 3.63) is 42.2 Å². The van der Waals surface area contributed by atoms with Crippen LogP contribution in [0.25, 0.3) is 0 Å². The molecule has 1 aliphatic rings. The van der Waals surface area contributed by atoms with E-state index in [0.29, 0.717) is 11.5 Å². The van der Waals surface area contributed by atoms with Crippen LogP contribution in [0.15, 0.2) is 36.7 Å². The van der Waals surface area contributed by atoms with Gasteiger partial charge in [-0.15, -0.1) is 0 Å². The number of nitrogens with zero attached hydrogens (tertiary/aromatic N) is 4. The van der Waals surface area contributed by atoms with Crippen molar-refractivity contribution in [3.63, 3.8) is 0 Å². The molecular formula is C19H25N5O3. The summed E-state index contributed by atoms with van der Waals surface area (Å²) < 4.78 is 10.8. The zero-order valence-corrected chi connectivity index (χ0v) is 15.5. The highest BCUT2D eigenvalue weighted by molar-refractivity contribution is 5.75. The molecule has 2 N–H and O–H groups in total. The fourth-order valence-corrected chi connectivity index (χ4v) is 3.12. The van der Waals surface area contributed by atoms with Gasteiger partial charge in [0.1, 0.15) is 0 Å². The van der Waals surface area contributed by atoms with Gasteiger partial charge in [-0.05, 0) is 30.2 Å². The van der Waals surface area contributed by atoms with Gasteiger partial charge in [-0.2, -0.15) is 0 Å². The van der Waals surface area contributed by atoms with Crippen molar-refractivity contribution in [1.82, 2.24) is 14.9 Å². The van der Waals surface area contributed by atoms with Crippen LogP contribution in [0.4, 0.5) is 5.95 Å². The van der Waals surface area contributed by atoms with Crippen LogP contribution in [0.5, 0.6) is 11.5 Å². The molecule has 8 nitrogen and oxygen atoms in total. The van der Waals surface area contributed by atoms with E-state index in [1.807, 2.05) is 24.3 Å². The van der Waals surface area contributed by atoms with Crippen LogP contribution in [-0.4, -0.2) is 60.7 Å². The van der Waals surface area contributed by atoms with Crippen LogP contribution in [0.1, 0.15) is 12.0 Å². The Kier molecular flexibility index (Phi) is 6.43. The highest BCUT2D eigenvalue weighted by Crippen LogP contribution is 2.28. The second-order valence-corrected chi connectivity index (χ2v) is 6.41. The molecule has 0 saturated carbocycles. The predicted octanol–water partition coefficient (Wildman–Crippen LogP) is 1.06. The molecule has 1 aliphatic heterocycles. The number of benzene rings is 1. The Balaban J connectivity index is 1.60. The van der Waals surface area contributed by atoms with Crippen molar-refractivity contribution in [2.24, 2.45) is 5.73 Å². The van der Waals surface area contributed by atoms with Crippen LogP contribution in [0, 0.1) is 0 Å². The Morgan fingerprint density at radius 3 is 2.70 bits per heavy atom. The number of anilines is 1. The quantitative estimate of drug-likeness (QED) is 0.778. The molecule has 0 atom stereocenters. The van der Waals surface area contributed by atoms with Crippen molar-refractivity contribution in [2.45, 2.75) is 13.0 Å². The molecule has 27 heavy (non-hydrogen) atoms. The number of carbonyl (C=O) groups excluding carboxylic acids is 1. The lowest BCUT2D eigenvalue weighted by molar-refractivity contribution is -0.119. The first kappa shape index (κ1) is 18.9. The van der Waals surface area contributed by atoms with E-state index in [0.717, 1.165) is 50.7 Å². The number of ether oxygens (including phenoxy) is 2. The van der Waals surface area contributed by atoms with Gasteiger partial charge >= 0.3 is 0 Å². The molecule has 0 unspecified atom stereocenters. The first-order valence-electron chi connectivity index (χ1n) is 8.98. The number of hydrogen-bond donors (Lipinski definition) is 1. The Morgan fingerprint density at radius 2 is 1.96 bits per heavy atom. The third kappa shape index (κ3) is 5.30. The molecule has 0 bridgehead atoms. The molecule has 0 radical (unpaired) electrons. The molecular weight excluding hydrogens is 346 g/mol. The molecule has 1 aromatic heterocycles. The maximum absolute atomic E-state index is 10.9. The summed E-state index contributed by atoms with van der Waals surface area (Å²) in [7, 11) is 1.58. The summed E-state index contributed by atoms with van der Waals surface area (Å²) in [4.78, 5) is 24.2. The number of rotatable bonds is 7. The molecule has 1 saturated heterocycles. The number of methoxy groups -OCH3 is 1. The van der Waals surface area contributed by atoms with Gasteiger partial charge in [-0.3, -0.25) is 9.69 Å². The lowest BCUT2D eigenvalue weighted by Gasteiger charge is -2.22. The monoisotopic (exact) mass is 371 g/mol. The number of amides is 1. The normalized spacial score (nSPS) is 15.2. The maximum Gasteiger partial charge on any atom is 0.255 e. The molecule has 2 heterocycles. The summed E-state index contributed by atoms with van der Waals surface area (Å²) in [5.74, 6) is 1.39. The standard InChI is InChI=1S/C19H25N5O3/c1-26-17-12-15(4-5-16(17)27-14-18(20)25)13-23-8-3-9-24(11-10-23)19-21-6-2-7-22-19/h2,4-7,12H,3,8-11,13-14H2,1H3,(H2,20,25). The van der Waals surface area contributed by atoms with E-state index in [1.54, 1.807) is 19.5 Å². The molecule has 1 fully saturated rings. The molecule has 0 aliphatic carbocycles. The smallest absolute Gasteiger partial charge is 0.255 e. The van der Waals surface area contributed by atoms with Crippen molar-refractivity contribution in [2.75, 3.05) is 44.8 Å². The molecule has 1 aromatic carbocycles. The second kappa shape index (κ2) is 9.18. The molecule has 144 valence electrons. The molecule has 1 amide bonds. The van der Waals surface area contributed by atoms with Gasteiger partial charge in [0.05, 0.1) is 7.11 Å². The summed E-state index contributed by atoms with van der Waals surface area (Å²) in [5, 5.41) is 0. The largest absolute Gasteiger partial charge is 0.493 e. The van der Waals surface area contributed by atoms with E-state index < -0.39 is 5.91 Å². The van der Waals surface area contributed by atoms with Gasteiger partial charge in [-0.25, -0.2) is 9.97 Å². The summed E-state index contributed by atoms with van der Waals surface area (Å²) in [6.45, 7) is 4.42. The zero-order valence-electron chi connectivity index (χ0n) is 15.5. The number of aromatic nitrogens is 2. The number of primary amides is 1. The molecule has 8 heteroatoms. The van der Waals surface area contributed by atoms with E-state index in [9.17, 15) is 4.79 Å². The average molecular weight is 371 g/mol. The fraction of sp³-hybridized carbons (Fsp3) is 0.421. The average Bonchev–Trinajstić information content (AvgIpc) is 2.93. The minimum atomic E-state index is -0.516. The Morgan fingerprint density at radius 1 is 1.15 bits per heavy atom. The lowest BCUT2D eigenvalue weighted by atomic mass is 10.2. The van der Waals surface area contributed by atoms with Gasteiger partial charge in [0.25, 0.3) is 5.91 Å². The zero-order chi connectivity index (χ0) is 19.1. The molecule has 0 spiro atoms. The van der Waals surface area contributed by atoms with Gasteiger partial charge in [0.2, 0.25) is 5.95 Å². The van der Waals surface area contributed by atoms with Crippen molar-refractivity contribution in [1.29, 1.82) is 0 Å². The SMILES string of the molecule is COc1cc(CN2CCCN(c3ncccn3)CC2)ccc1OCC(N)=O. The molecule has 2 aromatic rings. The Labute approximate surface area is 158 Å². The van der Waals surface area contributed by atoms with E-state index in [2.05, 4.69) is 19.8 Å². The maximum atomic E-state index is 10.9. The van der Waals surface area contributed by atoms with Crippen LogP contribution in [0.3, 0.4) is 0 Å². The highest BCUT2D eigenvalue weighted by atomic mass is 16.5. The van der Waals surface area contributed by atoms with Gasteiger partial charge < -0.3 is 20.1 Å². The summed E-state index contributed by atoms with van der Waals surface area (Å²) in [6, 6.07) is 7.58. The van der Waals surface area contributed by atoms with E-state index in [1.165, 1.54) is 0 Å². The molecule has 3 rings (SSSR count). The number of nitrogens with two attached hydrogens (primary N) is 1. The predicted molar refractivity (Wildman–Crippen MR) is 102 cm³/mol. The summed E-state index contributed by atoms with van der Waals surface area (Å²) >= 11 is 0. The van der Waals surface area contributed by atoms with Crippen molar-refractivity contribution < 1.29 is 14.3 Å². The minimum absolute atomic E-state index is 0.167. The highest BCUT2D eigenvalue weighted by Gasteiger charge is 2.17. The second-order valence-electron chi connectivity index (χ2n) is 6.41. The van der Waals surface area contributed by atoms with E-state index >= 15 is 0 Å². The summed E-state index contributed by atoms with van der Waals surface area (Å²) in [5.41, 5.74) is 6.26. The first-order valence-corrected chi connectivity index (χ1v) is 8.98. The Bertz CT molecular complexity index is 756. The van der Waals surface area contributed by atoms with Crippen LogP contribution in [-0.2, 0) is 11.3 Å². The third-order valence-corrected chi connectivity index (χ3v) is 4.43. The third-order valence-electron chi connectivity index (χ3n) is 4.43. The number of carbonyl (C=O) groups is 1. The fourth-order valence-electron chi connectivity index (χ4n) is 3.12. The van der Waals surface area contributed by atoms with Gasteiger partial charge in [-0.1, -0.05) is 6.07 Å². The number of hydrogen-bond acceptors (Lipinski definition) is 7. The summed E-state index contributed by atoms with van der Waals surface area (Å²) in [6.07, 6.45) is 4.60. The van der Waals surface area contributed by atoms with Crippen LogP contribution < -0.4 is 20.1 Å². The van der Waals surface area contributed by atoms with Crippen LogP contribution >= 0.6 is 0 Å². The van der Waals surface area contributed by atoms with Crippen LogP contribution in [0.2, 0.25) is 0 Å². The topological polar surface area (TPSA) is 93.8 Å². The minimum Gasteiger partial charge on any atom is -0.493 e. The van der Waals surface area contributed by atoms with Crippen molar-refractivity contribution >= 4 is 11.9 Å². The van der Waals surface area contributed by atoms with Crippen molar-refractivity contribution in [3.8, 4) is 11.5 Å². The Hall–Kier alpha value is -2.87. The van der Waals surface area contributed by atoms with Gasteiger partial charge in [0, 0.05) is 45.1 Å². The van der Waals surface area contributed by atoms with Gasteiger partial charge in [0.15, 0.2) is 18.1 Å². The van der Waals surface area contributed by atoms with E-state index in [-0.39, 0.29) is 6.61 Å². The first-order chi connectivity index (χ1) is 13.2.